The maximum absolute atomic E-state index is 12.4. The Labute approximate surface area is 147 Å². The van der Waals surface area contributed by atoms with Gasteiger partial charge in [0.15, 0.2) is 6.10 Å². The van der Waals surface area contributed by atoms with Crippen LogP contribution in [0.2, 0.25) is 0 Å². The van der Waals surface area contributed by atoms with Crippen LogP contribution in [0, 0.1) is 5.41 Å². The highest BCUT2D eigenvalue weighted by atomic mass is 31.2. The molecule has 144 valence electrons. The van der Waals surface area contributed by atoms with Crippen molar-refractivity contribution in [2.45, 2.75) is 33.3 Å². The highest BCUT2D eigenvalue weighted by Crippen LogP contribution is 2.59. The molecule has 2 atom stereocenters. The van der Waals surface area contributed by atoms with Crippen LogP contribution in [0.5, 0.6) is 0 Å². The predicted molar refractivity (Wildman–Crippen MR) is 90.1 cm³/mol. The molecule has 1 aliphatic heterocycles. The summed E-state index contributed by atoms with van der Waals surface area (Å²) in [6.45, 7) is 5.66. The van der Waals surface area contributed by atoms with Gasteiger partial charge in [-0.15, -0.1) is 9.61 Å². The molecule has 0 bridgehead atoms. The van der Waals surface area contributed by atoms with E-state index in [1.54, 1.807) is 13.8 Å². The lowest BCUT2D eigenvalue weighted by atomic mass is 9.87. The molecule has 2 amide bonds. The highest BCUT2D eigenvalue weighted by molar-refractivity contribution is 7.58. The molecule has 1 aliphatic rings. The molecule has 4 N–H and O–H groups in total. The van der Waals surface area contributed by atoms with Gasteiger partial charge in [0.2, 0.25) is 5.91 Å². The predicted octanol–water partition coefficient (Wildman–Crippen LogP) is -0.497. The molecule has 0 aliphatic carbocycles. The van der Waals surface area contributed by atoms with Crippen molar-refractivity contribution in [3.63, 3.8) is 0 Å². The van der Waals surface area contributed by atoms with E-state index in [2.05, 4.69) is 20.5 Å². The molecule has 0 aromatic rings. The first kappa shape index (κ1) is 21.7. The molecule has 0 aromatic carbocycles. The Morgan fingerprint density at radius 2 is 1.92 bits per heavy atom. The maximum Gasteiger partial charge on any atom is 0.499 e. The lowest BCUT2D eigenvalue weighted by Crippen LogP contribution is -2.52. The zero-order valence-electron chi connectivity index (χ0n) is 15.0. The van der Waals surface area contributed by atoms with Crippen LogP contribution in [0.25, 0.3) is 0 Å². The van der Waals surface area contributed by atoms with Crippen molar-refractivity contribution < 1.29 is 33.1 Å². The molecule has 1 unspecified atom stereocenters. The SMILES string of the molecule is COC(=O)CCNC(=O)[C@@H]1O[P+](O)(NCCNC(C)=O)OCC1(C)C. The van der Waals surface area contributed by atoms with Crippen LogP contribution in [0.4, 0.5) is 0 Å². The first-order valence-electron chi connectivity index (χ1n) is 7.88. The minimum atomic E-state index is -3.42. The molecular formula is C14H27N3O7P+. The average molecular weight is 380 g/mol. The summed E-state index contributed by atoms with van der Waals surface area (Å²) in [6, 6.07) is 0. The smallest absolute Gasteiger partial charge is 0.469 e. The third-order valence-corrected chi connectivity index (χ3v) is 5.07. The van der Waals surface area contributed by atoms with Crippen molar-refractivity contribution >= 4 is 25.9 Å². The van der Waals surface area contributed by atoms with Crippen molar-refractivity contribution in [1.82, 2.24) is 15.7 Å². The number of hydrogen-bond acceptors (Lipinski definition) is 8. The summed E-state index contributed by atoms with van der Waals surface area (Å²) in [7, 11) is -2.15. The van der Waals surface area contributed by atoms with Gasteiger partial charge in [0.25, 0.3) is 5.91 Å². The number of esters is 1. The van der Waals surface area contributed by atoms with Crippen LogP contribution in [-0.2, 0) is 28.2 Å². The lowest BCUT2D eigenvalue weighted by molar-refractivity contribution is -0.142. The van der Waals surface area contributed by atoms with Crippen LogP contribution < -0.4 is 15.7 Å². The summed E-state index contributed by atoms with van der Waals surface area (Å²) in [5, 5.41) is 7.88. The van der Waals surface area contributed by atoms with E-state index in [1.807, 2.05) is 0 Å². The van der Waals surface area contributed by atoms with Gasteiger partial charge in [0, 0.05) is 25.4 Å². The molecule has 1 heterocycles. The highest BCUT2D eigenvalue weighted by Gasteiger charge is 2.57. The van der Waals surface area contributed by atoms with E-state index in [1.165, 1.54) is 14.0 Å². The first-order chi connectivity index (χ1) is 11.6. The molecule has 0 aromatic heterocycles. The van der Waals surface area contributed by atoms with E-state index >= 15 is 0 Å². The molecule has 1 rings (SSSR count). The van der Waals surface area contributed by atoms with E-state index in [9.17, 15) is 19.3 Å². The minimum absolute atomic E-state index is 0.0419. The number of carbonyl (C=O) groups excluding carboxylic acids is 3. The van der Waals surface area contributed by atoms with E-state index in [0.717, 1.165) is 0 Å². The quantitative estimate of drug-likeness (QED) is 0.252. The molecule has 10 nitrogen and oxygen atoms in total. The summed E-state index contributed by atoms with van der Waals surface area (Å²) in [4.78, 5) is 44.7. The maximum atomic E-state index is 12.4. The number of nitrogens with one attached hydrogen (secondary N) is 3. The number of methoxy groups -OCH3 is 1. The zero-order valence-corrected chi connectivity index (χ0v) is 15.9. The Kier molecular flexibility index (Phi) is 8.17. The number of carbonyl (C=O) groups is 3. The topological polar surface area (TPSA) is 135 Å². The fourth-order valence-electron chi connectivity index (χ4n) is 2.05. The molecule has 0 saturated carbocycles. The second-order valence-corrected chi connectivity index (χ2v) is 8.10. The van der Waals surface area contributed by atoms with Crippen molar-refractivity contribution in [3.8, 4) is 0 Å². The Bertz CT molecular complexity index is 503. The average Bonchev–Trinajstić information content (AvgIpc) is 2.54. The Morgan fingerprint density at radius 3 is 2.52 bits per heavy atom. The number of rotatable bonds is 8. The summed E-state index contributed by atoms with van der Waals surface area (Å²) in [6.07, 6.45) is -0.911. The fourth-order valence-corrected chi connectivity index (χ4v) is 3.85. The van der Waals surface area contributed by atoms with Gasteiger partial charge in [-0.3, -0.25) is 14.4 Å². The van der Waals surface area contributed by atoms with Gasteiger partial charge in [-0.2, -0.15) is 9.42 Å². The third kappa shape index (κ3) is 7.21. The molecule has 1 saturated heterocycles. The van der Waals surface area contributed by atoms with Gasteiger partial charge in [-0.1, -0.05) is 13.8 Å². The Balaban J connectivity index is 2.58. The Hall–Kier alpha value is -1.32. The Morgan fingerprint density at radius 1 is 1.24 bits per heavy atom. The van der Waals surface area contributed by atoms with E-state index in [4.69, 9.17) is 9.05 Å². The van der Waals surface area contributed by atoms with E-state index < -0.39 is 31.5 Å². The molecule has 1 fully saturated rings. The second-order valence-electron chi connectivity index (χ2n) is 6.28. The van der Waals surface area contributed by atoms with E-state index in [-0.39, 0.29) is 38.6 Å². The van der Waals surface area contributed by atoms with Gasteiger partial charge < -0.3 is 15.4 Å². The third-order valence-electron chi connectivity index (χ3n) is 3.47. The van der Waals surface area contributed by atoms with E-state index in [0.29, 0.717) is 0 Å². The van der Waals surface area contributed by atoms with Crippen LogP contribution in [0.1, 0.15) is 27.2 Å². The molecule has 0 radical (unpaired) electrons. The second kappa shape index (κ2) is 9.40. The molecular weight excluding hydrogens is 353 g/mol. The van der Waals surface area contributed by atoms with Crippen molar-refractivity contribution in [3.05, 3.63) is 0 Å². The van der Waals surface area contributed by atoms with Crippen LogP contribution in [0.3, 0.4) is 0 Å². The van der Waals surface area contributed by atoms with Crippen molar-refractivity contribution in [2.24, 2.45) is 5.41 Å². The summed E-state index contributed by atoms with van der Waals surface area (Å²) in [5.74, 6) is -1.07. The standard InChI is InChI=1S/C14H26N3O7P/c1-10(18)15-7-8-17-25(21)23-9-14(2,3)12(24-25)13(20)16-6-5-11(19)22-4/h12,17,21H,5-9H2,1-4H3,(H-,15,16,18,20)/p+1/t12-,25?/m0/s1. The van der Waals surface area contributed by atoms with Crippen molar-refractivity contribution in [2.75, 3.05) is 33.4 Å². The molecule has 0 spiro atoms. The molecule has 25 heavy (non-hydrogen) atoms. The summed E-state index contributed by atoms with van der Waals surface area (Å²) in [5.41, 5.74) is -0.666. The molecule has 11 heteroatoms. The minimum Gasteiger partial charge on any atom is -0.469 e. The van der Waals surface area contributed by atoms with Crippen LogP contribution in [0.15, 0.2) is 0 Å². The van der Waals surface area contributed by atoms with Crippen LogP contribution in [-0.4, -0.2) is 62.1 Å². The number of ether oxygens (including phenoxy) is 1. The lowest BCUT2D eigenvalue weighted by Gasteiger charge is -2.37. The van der Waals surface area contributed by atoms with Gasteiger partial charge in [-0.25, -0.2) is 0 Å². The van der Waals surface area contributed by atoms with Crippen molar-refractivity contribution in [1.29, 1.82) is 0 Å². The van der Waals surface area contributed by atoms with Gasteiger partial charge >= 0.3 is 14.1 Å². The number of amides is 2. The monoisotopic (exact) mass is 380 g/mol. The largest absolute Gasteiger partial charge is 0.499 e. The fraction of sp³-hybridized carbons (Fsp3) is 0.786. The van der Waals surface area contributed by atoms with Gasteiger partial charge in [0.05, 0.1) is 20.1 Å². The van der Waals surface area contributed by atoms with Gasteiger partial charge in [0.1, 0.15) is 6.61 Å². The summed E-state index contributed by atoms with van der Waals surface area (Å²) >= 11 is 0. The number of hydrogen-bond donors (Lipinski definition) is 4. The van der Waals surface area contributed by atoms with Crippen LogP contribution >= 0.6 is 8.09 Å². The zero-order chi connectivity index (χ0) is 19.1. The first-order valence-corrected chi connectivity index (χ1v) is 9.46. The summed E-state index contributed by atoms with van der Waals surface area (Å²) < 4.78 is 15.4. The normalized spacial score (nSPS) is 25.1. The van der Waals surface area contributed by atoms with Gasteiger partial charge in [-0.05, 0) is 0 Å².